The highest BCUT2D eigenvalue weighted by molar-refractivity contribution is 5.81. The van der Waals surface area contributed by atoms with Gasteiger partial charge in [0.2, 0.25) is 11.8 Å². The summed E-state index contributed by atoms with van der Waals surface area (Å²) in [4.78, 5) is 25.6. The quantitative estimate of drug-likeness (QED) is 0.121. The molecule has 0 aliphatic heterocycles. The molecule has 0 rings (SSSR count). The third-order valence-electron chi connectivity index (χ3n) is 8.25. The van der Waals surface area contributed by atoms with Crippen LogP contribution >= 0.6 is 0 Å². The van der Waals surface area contributed by atoms with Crippen molar-refractivity contribution in [1.82, 2.24) is 10.6 Å². The molecule has 9 nitrogen and oxygen atoms in total. The lowest BCUT2D eigenvalue weighted by atomic mass is 9.80. The summed E-state index contributed by atoms with van der Waals surface area (Å²) in [5, 5.41) is 15.4. The van der Waals surface area contributed by atoms with Crippen molar-refractivity contribution in [3.8, 4) is 6.07 Å². The summed E-state index contributed by atoms with van der Waals surface area (Å²) >= 11 is 0. The van der Waals surface area contributed by atoms with Crippen molar-refractivity contribution >= 4 is 11.8 Å². The van der Waals surface area contributed by atoms with Gasteiger partial charge in [-0.1, -0.05) is 20.8 Å². The molecule has 0 fully saturated rings. The molecule has 0 aliphatic carbocycles. The maximum Gasteiger partial charge on any atom is 0.225 e. The van der Waals surface area contributed by atoms with Gasteiger partial charge in [0, 0.05) is 24.9 Å². The molecular weight excluding hydrogens is 594 g/mol. The van der Waals surface area contributed by atoms with Crippen LogP contribution in [0.25, 0.3) is 0 Å². The molecule has 0 radical (unpaired) electrons. The average molecular weight is 668 g/mol. The third kappa shape index (κ3) is 20.4. The Hall–Kier alpha value is -1.73. The predicted octanol–water partition coefficient (Wildman–Crippen LogP) is 7.89. The van der Waals surface area contributed by atoms with E-state index < -0.39 is 38.8 Å². The molecule has 1 atom stereocenters. The second-order valence-corrected chi connectivity index (χ2v) is 18.4. The summed E-state index contributed by atoms with van der Waals surface area (Å²) in [6.07, 6.45) is 3.43. The van der Waals surface area contributed by atoms with Crippen LogP contribution in [0.3, 0.4) is 0 Å². The molecule has 0 aliphatic rings. The fraction of sp³-hybridized carbons (Fsp3) is 0.921. The van der Waals surface area contributed by atoms with E-state index in [1.807, 2.05) is 118 Å². The first-order valence-electron chi connectivity index (χ1n) is 17.5. The van der Waals surface area contributed by atoms with Gasteiger partial charge in [0.25, 0.3) is 0 Å². The highest BCUT2D eigenvalue weighted by Gasteiger charge is 2.39. The normalized spacial score (nSPS) is 15.1. The van der Waals surface area contributed by atoms with Gasteiger partial charge in [0.1, 0.15) is 0 Å². The van der Waals surface area contributed by atoms with Crippen molar-refractivity contribution in [2.24, 2.45) is 10.8 Å². The molecule has 2 amide bonds. The molecule has 0 spiro atoms. The number of ether oxygens (including phenoxy) is 4. The van der Waals surface area contributed by atoms with Crippen LogP contribution in [-0.2, 0) is 28.5 Å². The zero-order valence-electron chi connectivity index (χ0n) is 33.5. The predicted molar refractivity (Wildman–Crippen MR) is 191 cm³/mol. The minimum absolute atomic E-state index is 0.0226. The van der Waals surface area contributed by atoms with Gasteiger partial charge in [0.05, 0.1) is 58.3 Å². The lowest BCUT2D eigenvalue weighted by molar-refractivity contribution is -0.183. The smallest absolute Gasteiger partial charge is 0.225 e. The summed E-state index contributed by atoms with van der Waals surface area (Å²) in [5.74, 6) is -0.0684. The van der Waals surface area contributed by atoms with Crippen molar-refractivity contribution in [3.63, 3.8) is 0 Å². The van der Waals surface area contributed by atoms with Gasteiger partial charge in [-0.15, -0.1) is 0 Å². The number of nitrogens with zero attached hydrogens (tertiary/aromatic N) is 1. The fourth-order valence-electron chi connectivity index (χ4n) is 5.71. The van der Waals surface area contributed by atoms with Crippen molar-refractivity contribution in [2.45, 2.75) is 190 Å². The molecule has 9 heteroatoms. The molecule has 0 aromatic rings. The Bertz CT molecular complexity index is 1030. The number of carbonyl (C=O) groups excluding carboxylic acids is 2. The molecule has 2 N–H and O–H groups in total. The molecule has 47 heavy (non-hydrogen) atoms. The molecule has 0 bridgehead atoms. The standard InChI is InChI=1S/C38H73N3O6/c1-18-38(17,26-39)20-19-29(42)40-23-21-33(7,8)45-28-37(15,16)47-35(11,12)25-32(5,6)30(43)41-24-22-34(9,10)44-27-36(13,14)46-31(2,3)4/h18-25,27-28H2,1-17H3,(H,40,42)(H,41,43). The molecule has 0 saturated heterocycles. The molecular formula is C38H73N3O6. The van der Waals surface area contributed by atoms with E-state index in [2.05, 4.69) is 16.7 Å². The van der Waals surface area contributed by atoms with Crippen molar-refractivity contribution in [2.75, 3.05) is 26.3 Å². The van der Waals surface area contributed by atoms with E-state index in [0.29, 0.717) is 58.4 Å². The number of carbonyl (C=O) groups is 2. The number of rotatable bonds is 22. The van der Waals surface area contributed by atoms with Crippen LogP contribution < -0.4 is 10.6 Å². The van der Waals surface area contributed by atoms with Gasteiger partial charge in [-0.05, 0) is 129 Å². The Morgan fingerprint density at radius 2 is 1.06 bits per heavy atom. The second kappa shape index (κ2) is 17.3. The summed E-state index contributed by atoms with van der Waals surface area (Å²) < 4.78 is 25.2. The molecule has 276 valence electrons. The number of hydrogen-bond donors (Lipinski definition) is 2. The van der Waals surface area contributed by atoms with Gasteiger partial charge in [0.15, 0.2) is 0 Å². The van der Waals surface area contributed by atoms with Crippen molar-refractivity contribution < 1.29 is 28.5 Å². The summed E-state index contributed by atoms with van der Waals surface area (Å²) in [6.45, 7) is 35.8. The lowest BCUT2D eigenvalue weighted by Crippen LogP contribution is -2.48. The topological polar surface area (TPSA) is 119 Å². The molecule has 0 aromatic carbocycles. The van der Waals surface area contributed by atoms with Crippen LogP contribution in [0.15, 0.2) is 0 Å². The Kier molecular flexibility index (Phi) is 16.6. The average Bonchev–Trinajstić information content (AvgIpc) is 2.87. The maximum absolute atomic E-state index is 13.3. The van der Waals surface area contributed by atoms with Gasteiger partial charge in [-0.25, -0.2) is 0 Å². The Morgan fingerprint density at radius 3 is 1.49 bits per heavy atom. The maximum atomic E-state index is 13.3. The summed E-state index contributed by atoms with van der Waals surface area (Å²) in [7, 11) is 0. The zero-order chi connectivity index (χ0) is 37.2. The van der Waals surface area contributed by atoms with E-state index in [9.17, 15) is 14.9 Å². The van der Waals surface area contributed by atoms with E-state index in [4.69, 9.17) is 18.9 Å². The Morgan fingerprint density at radius 1 is 0.617 bits per heavy atom. The zero-order valence-corrected chi connectivity index (χ0v) is 33.5. The van der Waals surface area contributed by atoms with E-state index in [0.717, 1.165) is 6.42 Å². The van der Waals surface area contributed by atoms with Crippen LogP contribution in [-0.4, -0.2) is 71.7 Å². The molecule has 0 heterocycles. The van der Waals surface area contributed by atoms with E-state index in [1.54, 1.807) is 0 Å². The first kappa shape index (κ1) is 45.3. The highest BCUT2D eigenvalue weighted by Crippen LogP contribution is 2.34. The Labute approximate surface area is 289 Å². The SMILES string of the molecule is CCC(C)(C#N)CCC(=O)NCCC(C)(C)OCC(C)(C)OC(C)(C)CC(C)(C)C(=O)NCCC(C)(C)OCC(C)(C)OC(C)(C)C. The van der Waals surface area contributed by atoms with Crippen LogP contribution in [0.2, 0.25) is 0 Å². The van der Waals surface area contributed by atoms with Crippen LogP contribution in [0.4, 0.5) is 0 Å². The number of nitriles is 1. The van der Waals surface area contributed by atoms with Gasteiger partial charge in [-0.2, -0.15) is 5.26 Å². The molecule has 1 unspecified atom stereocenters. The van der Waals surface area contributed by atoms with E-state index in [-0.39, 0.29) is 17.4 Å². The number of amides is 2. The number of nitrogens with one attached hydrogen (secondary N) is 2. The van der Waals surface area contributed by atoms with Crippen molar-refractivity contribution in [1.29, 1.82) is 5.26 Å². The third-order valence-corrected chi connectivity index (χ3v) is 8.25. The minimum atomic E-state index is -0.659. The molecule has 0 aromatic heterocycles. The lowest BCUT2D eigenvalue weighted by Gasteiger charge is -2.41. The Balaban J connectivity index is 4.84. The summed E-state index contributed by atoms with van der Waals surface area (Å²) in [6, 6.07) is 2.31. The van der Waals surface area contributed by atoms with Crippen LogP contribution in [0.5, 0.6) is 0 Å². The summed E-state index contributed by atoms with van der Waals surface area (Å²) in [5.41, 5.74) is -3.91. The van der Waals surface area contributed by atoms with Crippen LogP contribution in [0.1, 0.15) is 156 Å². The van der Waals surface area contributed by atoms with E-state index >= 15 is 0 Å². The fourth-order valence-corrected chi connectivity index (χ4v) is 5.71. The first-order chi connectivity index (χ1) is 20.9. The largest absolute Gasteiger partial charge is 0.373 e. The van der Waals surface area contributed by atoms with Crippen LogP contribution in [0, 0.1) is 22.2 Å². The van der Waals surface area contributed by atoms with Gasteiger partial charge >= 0.3 is 0 Å². The first-order valence-corrected chi connectivity index (χ1v) is 17.5. The molecule has 0 saturated carbocycles. The van der Waals surface area contributed by atoms with Gasteiger partial charge in [-0.3, -0.25) is 9.59 Å². The monoisotopic (exact) mass is 668 g/mol. The van der Waals surface area contributed by atoms with E-state index in [1.165, 1.54) is 0 Å². The van der Waals surface area contributed by atoms with Gasteiger partial charge < -0.3 is 29.6 Å². The minimum Gasteiger partial charge on any atom is -0.373 e. The second-order valence-electron chi connectivity index (χ2n) is 18.4. The van der Waals surface area contributed by atoms with Crippen molar-refractivity contribution in [3.05, 3.63) is 0 Å². The number of hydrogen-bond acceptors (Lipinski definition) is 7. The highest BCUT2D eigenvalue weighted by atomic mass is 16.6.